The number of nitrogens with one attached hydrogen (secondary N) is 2. The van der Waals surface area contributed by atoms with Crippen molar-refractivity contribution in [1.29, 1.82) is 5.26 Å². The molecule has 2 N–H and O–H groups in total. The zero-order valence-corrected chi connectivity index (χ0v) is 12.2. The molecule has 0 aromatic heterocycles. The SMILES string of the molecule is CCCC1(C(=O)Nc2ccc(F)cc2C#N)CCCNC1. The van der Waals surface area contributed by atoms with E-state index in [9.17, 15) is 9.18 Å². The Morgan fingerprint density at radius 1 is 1.57 bits per heavy atom. The smallest absolute Gasteiger partial charge is 0.231 e. The number of nitrogens with zero attached hydrogens (tertiary/aromatic N) is 1. The Labute approximate surface area is 124 Å². The average Bonchev–Trinajstić information content (AvgIpc) is 2.50. The number of rotatable bonds is 4. The molecule has 1 fully saturated rings. The van der Waals surface area contributed by atoms with Crippen LogP contribution in [0.15, 0.2) is 18.2 Å². The van der Waals surface area contributed by atoms with Gasteiger partial charge in [0.05, 0.1) is 16.7 Å². The third-order valence-corrected chi connectivity index (χ3v) is 4.03. The van der Waals surface area contributed by atoms with Crippen LogP contribution in [0.1, 0.15) is 38.2 Å². The van der Waals surface area contributed by atoms with E-state index in [1.165, 1.54) is 12.1 Å². The number of halogens is 1. The molecule has 1 atom stereocenters. The molecule has 1 unspecified atom stereocenters. The molecule has 1 saturated heterocycles. The van der Waals surface area contributed by atoms with Gasteiger partial charge < -0.3 is 10.6 Å². The normalized spacial score (nSPS) is 21.6. The van der Waals surface area contributed by atoms with Crippen molar-refractivity contribution in [1.82, 2.24) is 5.32 Å². The second kappa shape index (κ2) is 6.68. The number of hydrogen-bond donors (Lipinski definition) is 2. The lowest BCUT2D eigenvalue weighted by Crippen LogP contribution is -2.48. The predicted octanol–water partition coefficient (Wildman–Crippen LogP) is 2.81. The Morgan fingerprint density at radius 2 is 2.38 bits per heavy atom. The fourth-order valence-electron chi connectivity index (χ4n) is 2.94. The molecule has 1 aromatic carbocycles. The molecule has 1 aliphatic rings. The van der Waals surface area contributed by atoms with E-state index in [0.29, 0.717) is 12.2 Å². The van der Waals surface area contributed by atoms with E-state index in [1.54, 1.807) is 0 Å². The molecule has 0 bridgehead atoms. The quantitative estimate of drug-likeness (QED) is 0.895. The first-order valence-corrected chi connectivity index (χ1v) is 7.33. The van der Waals surface area contributed by atoms with Crippen molar-refractivity contribution in [3.05, 3.63) is 29.6 Å². The molecular weight excluding hydrogens is 269 g/mol. The van der Waals surface area contributed by atoms with Crippen LogP contribution in [0, 0.1) is 22.6 Å². The molecule has 0 saturated carbocycles. The van der Waals surface area contributed by atoms with Gasteiger partial charge in [-0.3, -0.25) is 4.79 Å². The van der Waals surface area contributed by atoms with E-state index >= 15 is 0 Å². The molecule has 2 rings (SSSR count). The molecule has 0 radical (unpaired) electrons. The van der Waals surface area contributed by atoms with E-state index in [1.807, 2.05) is 6.07 Å². The zero-order valence-electron chi connectivity index (χ0n) is 12.2. The number of carbonyl (C=O) groups excluding carboxylic acids is 1. The van der Waals surface area contributed by atoms with Crippen LogP contribution in [0.5, 0.6) is 0 Å². The molecule has 1 aliphatic heterocycles. The van der Waals surface area contributed by atoms with Crippen molar-refractivity contribution in [3.63, 3.8) is 0 Å². The lowest BCUT2D eigenvalue weighted by molar-refractivity contribution is -0.127. The molecule has 0 spiro atoms. The van der Waals surface area contributed by atoms with Crippen LogP contribution in [0.25, 0.3) is 0 Å². The maximum absolute atomic E-state index is 13.1. The van der Waals surface area contributed by atoms with Crippen molar-refractivity contribution in [2.75, 3.05) is 18.4 Å². The van der Waals surface area contributed by atoms with Crippen LogP contribution >= 0.6 is 0 Å². The van der Waals surface area contributed by atoms with Gasteiger partial charge in [0.25, 0.3) is 0 Å². The van der Waals surface area contributed by atoms with Gasteiger partial charge in [0.1, 0.15) is 11.9 Å². The van der Waals surface area contributed by atoms with E-state index < -0.39 is 11.2 Å². The van der Waals surface area contributed by atoms with Crippen LogP contribution in [0.3, 0.4) is 0 Å². The van der Waals surface area contributed by atoms with Crippen LogP contribution in [-0.4, -0.2) is 19.0 Å². The number of nitriles is 1. The highest BCUT2D eigenvalue weighted by Crippen LogP contribution is 2.33. The fraction of sp³-hybridized carbons (Fsp3) is 0.500. The Bertz CT molecular complexity index is 554. The molecule has 1 heterocycles. The first-order valence-electron chi connectivity index (χ1n) is 7.33. The Kier molecular flexibility index (Phi) is 4.92. The maximum Gasteiger partial charge on any atom is 0.231 e. The Balaban J connectivity index is 2.21. The monoisotopic (exact) mass is 289 g/mol. The van der Waals surface area contributed by atoms with E-state index in [4.69, 9.17) is 5.26 Å². The van der Waals surface area contributed by atoms with Gasteiger partial charge in [-0.15, -0.1) is 0 Å². The van der Waals surface area contributed by atoms with Crippen LogP contribution < -0.4 is 10.6 Å². The van der Waals surface area contributed by atoms with Crippen molar-refractivity contribution in [2.45, 2.75) is 32.6 Å². The number of benzene rings is 1. The van der Waals surface area contributed by atoms with E-state index in [-0.39, 0.29) is 11.5 Å². The molecule has 1 aromatic rings. The Hall–Kier alpha value is -1.93. The van der Waals surface area contributed by atoms with Gasteiger partial charge in [-0.2, -0.15) is 5.26 Å². The molecule has 4 nitrogen and oxygen atoms in total. The van der Waals surface area contributed by atoms with Crippen LogP contribution in [0.4, 0.5) is 10.1 Å². The standard InChI is InChI=1S/C16H20FN3O/c1-2-6-16(7-3-8-19-11-16)15(21)20-14-5-4-13(17)9-12(14)10-18/h4-5,9,19H,2-3,6-8,11H2,1H3,(H,20,21). The zero-order chi connectivity index (χ0) is 15.3. The summed E-state index contributed by atoms with van der Waals surface area (Å²) in [5.41, 5.74) is 0.0948. The van der Waals surface area contributed by atoms with Gasteiger partial charge in [-0.05, 0) is 44.0 Å². The number of piperidine rings is 1. The minimum Gasteiger partial charge on any atom is -0.324 e. The third kappa shape index (κ3) is 3.40. The summed E-state index contributed by atoms with van der Waals surface area (Å²) in [5, 5.41) is 15.1. The van der Waals surface area contributed by atoms with E-state index in [2.05, 4.69) is 17.6 Å². The molecule has 21 heavy (non-hydrogen) atoms. The van der Waals surface area contributed by atoms with Crippen molar-refractivity contribution in [3.8, 4) is 6.07 Å². The van der Waals surface area contributed by atoms with Crippen LogP contribution in [-0.2, 0) is 4.79 Å². The van der Waals surface area contributed by atoms with Crippen molar-refractivity contribution >= 4 is 11.6 Å². The van der Waals surface area contributed by atoms with Gasteiger partial charge in [0.15, 0.2) is 0 Å². The summed E-state index contributed by atoms with van der Waals surface area (Å²) in [4.78, 5) is 12.7. The van der Waals surface area contributed by atoms with Gasteiger partial charge in [-0.25, -0.2) is 4.39 Å². The molecular formula is C16H20FN3O. The summed E-state index contributed by atoms with van der Waals surface area (Å²) in [7, 11) is 0. The third-order valence-electron chi connectivity index (χ3n) is 4.03. The topological polar surface area (TPSA) is 64.9 Å². The number of anilines is 1. The first kappa shape index (κ1) is 15.5. The maximum atomic E-state index is 13.1. The predicted molar refractivity (Wildman–Crippen MR) is 79.2 cm³/mol. The molecule has 112 valence electrons. The molecule has 1 amide bonds. The first-order chi connectivity index (χ1) is 10.1. The summed E-state index contributed by atoms with van der Waals surface area (Å²) >= 11 is 0. The van der Waals surface area contributed by atoms with E-state index in [0.717, 1.165) is 38.3 Å². The summed E-state index contributed by atoms with van der Waals surface area (Å²) in [5.74, 6) is -0.563. The minimum atomic E-state index is -0.479. The second-order valence-corrected chi connectivity index (χ2v) is 5.57. The molecule has 5 heteroatoms. The lowest BCUT2D eigenvalue weighted by Gasteiger charge is -2.36. The highest BCUT2D eigenvalue weighted by molar-refractivity contribution is 5.96. The average molecular weight is 289 g/mol. The van der Waals surface area contributed by atoms with Crippen LogP contribution in [0.2, 0.25) is 0 Å². The van der Waals surface area contributed by atoms with Gasteiger partial charge in [0, 0.05) is 6.54 Å². The van der Waals surface area contributed by atoms with Gasteiger partial charge in [0.2, 0.25) is 5.91 Å². The lowest BCUT2D eigenvalue weighted by atomic mass is 9.76. The molecule has 0 aliphatic carbocycles. The highest BCUT2D eigenvalue weighted by atomic mass is 19.1. The van der Waals surface area contributed by atoms with Crippen molar-refractivity contribution < 1.29 is 9.18 Å². The summed E-state index contributed by atoms with van der Waals surface area (Å²) in [6.45, 7) is 3.64. The second-order valence-electron chi connectivity index (χ2n) is 5.57. The largest absolute Gasteiger partial charge is 0.324 e. The highest BCUT2D eigenvalue weighted by Gasteiger charge is 2.38. The number of amides is 1. The summed E-state index contributed by atoms with van der Waals surface area (Å²) in [6, 6.07) is 5.76. The Morgan fingerprint density at radius 3 is 3.00 bits per heavy atom. The fourth-order valence-corrected chi connectivity index (χ4v) is 2.94. The van der Waals surface area contributed by atoms with Crippen molar-refractivity contribution in [2.24, 2.45) is 5.41 Å². The summed E-state index contributed by atoms with van der Waals surface area (Å²) < 4.78 is 13.1. The van der Waals surface area contributed by atoms with Gasteiger partial charge >= 0.3 is 0 Å². The number of hydrogen-bond acceptors (Lipinski definition) is 3. The minimum absolute atomic E-state index is 0.0836. The summed E-state index contributed by atoms with van der Waals surface area (Å²) in [6.07, 6.45) is 3.52. The number of carbonyl (C=O) groups is 1. The van der Waals surface area contributed by atoms with Gasteiger partial charge in [-0.1, -0.05) is 13.3 Å².